The van der Waals surface area contributed by atoms with Crippen LogP contribution < -0.4 is 10.1 Å². The van der Waals surface area contributed by atoms with Gasteiger partial charge in [-0.15, -0.1) is 0 Å². The van der Waals surface area contributed by atoms with Gasteiger partial charge in [0.15, 0.2) is 5.76 Å². The van der Waals surface area contributed by atoms with E-state index >= 15 is 0 Å². The molecule has 1 aromatic carbocycles. The van der Waals surface area contributed by atoms with Crippen LogP contribution in [0, 0.1) is 0 Å². The van der Waals surface area contributed by atoms with Crippen molar-refractivity contribution in [1.29, 1.82) is 0 Å². The van der Waals surface area contributed by atoms with Crippen LogP contribution in [-0.2, 0) is 0 Å². The smallest absolute Gasteiger partial charge is 0.155 e. The molecule has 0 saturated carbocycles. The lowest BCUT2D eigenvalue weighted by Crippen LogP contribution is -2.27. The standard InChI is InChI=1S/C22H24N4O3/c1-3-25(4-2)10-11-28-17-7-8-21-18(13-17)19(24-27)14-22(29-21)20-12-16-6-5-9-26(16)15-23-20/h5-9,12-15,27H,3-4,10-11H2,1-2H3/b24-19-. The van der Waals surface area contributed by atoms with Crippen LogP contribution in [0.3, 0.4) is 0 Å². The second-order valence-electron chi connectivity index (χ2n) is 6.74. The fourth-order valence-corrected chi connectivity index (χ4v) is 3.35. The van der Waals surface area contributed by atoms with Crippen LogP contribution in [-0.4, -0.2) is 45.7 Å². The maximum atomic E-state index is 9.56. The molecule has 29 heavy (non-hydrogen) atoms. The summed E-state index contributed by atoms with van der Waals surface area (Å²) in [5.74, 6) is 1.24. The molecule has 0 amide bonds. The van der Waals surface area contributed by atoms with Crippen LogP contribution in [0.15, 0.2) is 64.6 Å². The van der Waals surface area contributed by atoms with Crippen molar-refractivity contribution in [1.82, 2.24) is 14.3 Å². The predicted octanol–water partition coefficient (Wildman–Crippen LogP) is 3.76. The second-order valence-corrected chi connectivity index (χ2v) is 6.74. The molecule has 0 fully saturated rings. The van der Waals surface area contributed by atoms with Crippen LogP contribution >= 0.6 is 0 Å². The lowest BCUT2D eigenvalue weighted by molar-refractivity contribution is 0.223. The Labute approximate surface area is 168 Å². The zero-order valence-corrected chi connectivity index (χ0v) is 16.6. The van der Waals surface area contributed by atoms with Gasteiger partial charge in [0.2, 0.25) is 0 Å². The number of hydrogen-bond donors (Lipinski definition) is 1. The summed E-state index contributed by atoms with van der Waals surface area (Å²) in [5.41, 5.74) is 2.27. The highest BCUT2D eigenvalue weighted by atomic mass is 16.5. The zero-order valence-electron chi connectivity index (χ0n) is 16.6. The number of likely N-dealkylation sites (N-methyl/N-ethyl adjacent to an activating group) is 1. The number of aromatic nitrogens is 2. The minimum atomic E-state index is 0.410. The van der Waals surface area contributed by atoms with E-state index in [9.17, 15) is 5.21 Å². The third-order valence-corrected chi connectivity index (χ3v) is 5.06. The highest BCUT2D eigenvalue weighted by Gasteiger charge is 2.10. The van der Waals surface area contributed by atoms with E-state index in [1.807, 2.05) is 47.0 Å². The van der Waals surface area contributed by atoms with Crippen molar-refractivity contribution in [3.63, 3.8) is 0 Å². The predicted molar refractivity (Wildman–Crippen MR) is 111 cm³/mol. The van der Waals surface area contributed by atoms with E-state index in [1.54, 1.807) is 12.4 Å². The summed E-state index contributed by atoms with van der Waals surface area (Å²) in [4.78, 5) is 6.74. The van der Waals surface area contributed by atoms with Gasteiger partial charge in [0.25, 0.3) is 0 Å². The third-order valence-electron chi connectivity index (χ3n) is 5.06. The topological polar surface area (TPSA) is 75.5 Å². The van der Waals surface area contributed by atoms with Crippen LogP contribution in [0.25, 0.3) is 27.9 Å². The Morgan fingerprint density at radius 2 is 2.03 bits per heavy atom. The van der Waals surface area contributed by atoms with Crippen molar-refractivity contribution in [2.75, 3.05) is 26.2 Å². The van der Waals surface area contributed by atoms with Crippen molar-refractivity contribution in [3.8, 4) is 17.2 Å². The highest BCUT2D eigenvalue weighted by Crippen LogP contribution is 2.24. The van der Waals surface area contributed by atoms with Crippen LogP contribution in [0.5, 0.6) is 5.75 Å². The second kappa shape index (κ2) is 8.36. The van der Waals surface area contributed by atoms with Crippen molar-refractivity contribution in [3.05, 3.63) is 60.3 Å². The number of ether oxygens (including phenoxy) is 1. The summed E-state index contributed by atoms with van der Waals surface area (Å²) in [5, 5.41) is 14.1. The first-order valence-corrected chi connectivity index (χ1v) is 9.76. The fourth-order valence-electron chi connectivity index (χ4n) is 3.35. The molecule has 1 N–H and O–H groups in total. The van der Waals surface area contributed by atoms with Crippen LogP contribution in [0.1, 0.15) is 13.8 Å². The quantitative estimate of drug-likeness (QED) is 0.383. The van der Waals surface area contributed by atoms with Gasteiger partial charge in [0.1, 0.15) is 29.0 Å². The van der Waals surface area contributed by atoms with E-state index in [-0.39, 0.29) is 0 Å². The Hall–Kier alpha value is -3.32. The van der Waals surface area contributed by atoms with Crippen molar-refractivity contribution >= 4 is 16.5 Å². The van der Waals surface area contributed by atoms with Gasteiger partial charge < -0.3 is 23.7 Å². The normalized spacial score (nSPS) is 12.3. The molecule has 4 aromatic rings. The van der Waals surface area contributed by atoms with Gasteiger partial charge >= 0.3 is 0 Å². The average molecular weight is 392 g/mol. The number of benzene rings is 1. The Morgan fingerprint density at radius 3 is 2.83 bits per heavy atom. The van der Waals surface area contributed by atoms with Gasteiger partial charge in [0.05, 0.1) is 11.7 Å². The monoisotopic (exact) mass is 392 g/mol. The summed E-state index contributed by atoms with van der Waals surface area (Å²) in [7, 11) is 0. The van der Waals surface area contributed by atoms with E-state index in [0.29, 0.717) is 40.1 Å². The third kappa shape index (κ3) is 3.95. The van der Waals surface area contributed by atoms with Gasteiger partial charge in [-0.05, 0) is 49.5 Å². The van der Waals surface area contributed by atoms with Crippen molar-refractivity contribution in [2.45, 2.75) is 13.8 Å². The SMILES string of the molecule is CCN(CC)CCOc1ccc2oc(-c3cc4cccn4cn3)c/c(=N/O)c2c1. The first-order valence-electron chi connectivity index (χ1n) is 9.76. The zero-order chi connectivity index (χ0) is 20.2. The molecule has 0 atom stereocenters. The number of rotatable bonds is 7. The molecule has 150 valence electrons. The first kappa shape index (κ1) is 19.0. The molecule has 3 aromatic heterocycles. The molecule has 4 rings (SSSR count). The van der Waals surface area contributed by atoms with Crippen molar-refractivity contribution < 1.29 is 14.4 Å². The van der Waals surface area contributed by atoms with E-state index in [4.69, 9.17) is 9.15 Å². The lowest BCUT2D eigenvalue weighted by Gasteiger charge is -2.18. The number of hydrogen-bond acceptors (Lipinski definition) is 6. The molecule has 0 unspecified atom stereocenters. The van der Waals surface area contributed by atoms with E-state index in [2.05, 4.69) is 28.9 Å². The van der Waals surface area contributed by atoms with Crippen LogP contribution in [0.2, 0.25) is 0 Å². The van der Waals surface area contributed by atoms with Gasteiger partial charge in [-0.25, -0.2) is 4.98 Å². The molecule has 7 nitrogen and oxygen atoms in total. The molecule has 0 aliphatic heterocycles. The van der Waals surface area contributed by atoms with Crippen LogP contribution in [0.4, 0.5) is 0 Å². The Morgan fingerprint density at radius 1 is 1.17 bits per heavy atom. The maximum Gasteiger partial charge on any atom is 0.155 e. The Bertz CT molecular complexity index is 1190. The molecule has 0 aliphatic rings. The lowest BCUT2D eigenvalue weighted by atomic mass is 10.2. The largest absolute Gasteiger partial charge is 0.492 e. The molecule has 0 spiro atoms. The maximum absolute atomic E-state index is 9.56. The van der Waals surface area contributed by atoms with E-state index in [0.717, 1.165) is 25.2 Å². The molecule has 7 heteroatoms. The van der Waals surface area contributed by atoms with Gasteiger partial charge in [-0.3, -0.25) is 0 Å². The van der Waals surface area contributed by atoms with Crippen molar-refractivity contribution in [2.24, 2.45) is 5.16 Å². The number of nitrogens with zero attached hydrogens (tertiary/aromatic N) is 4. The molecule has 0 aliphatic carbocycles. The molecular formula is C22H24N4O3. The summed E-state index contributed by atoms with van der Waals surface area (Å²) in [6.07, 6.45) is 3.66. The molecular weight excluding hydrogens is 368 g/mol. The minimum Gasteiger partial charge on any atom is -0.492 e. The molecule has 3 heterocycles. The summed E-state index contributed by atoms with van der Waals surface area (Å²) < 4.78 is 13.8. The summed E-state index contributed by atoms with van der Waals surface area (Å²) in [6, 6.07) is 13.1. The number of fused-ring (bicyclic) bond motifs is 2. The first-order chi connectivity index (χ1) is 14.2. The molecule has 0 bridgehead atoms. The summed E-state index contributed by atoms with van der Waals surface area (Å²) >= 11 is 0. The Balaban J connectivity index is 1.65. The van der Waals surface area contributed by atoms with Gasteiger partial charge in [0, 0.05) is 24.3 Å². The average Bonchev–Trinajstić information content (AvgIpc) is 3.24. The van der Waals surface area contributed by atoms with E-state index in [1.165, 1.54) is 0 Å². The fraction of sp³-hybridized carbons (Fsp3) is 0.273. The van der Waals surface area contributed by atoms with Gasteiger partial charge in [-0.2, -0.15) is 0 Å². The van der Waals surface area contributed by atoms with Gasteiger partial charge in [-0.1, -0.05) is 19.0 Å². The molecule has 0 radical (unpaired) electrons. The van der Waals surface area contributed by atoms with E-state index < -0.39 is 0 Å². The minimum absolute atomic E-state index is 0.410. The highest BCUT2D eigenvalue weighted by molar-refractivity contribution is 5.80. The Kier molecular flexibility index (Phi) is 5.48. The summed E-state index contributed by atoms with van der Waals surface area (Å²) in [6.45, 7) is 7.72. The molecule has 0 saturated heterocycles.